The van der Waals surface area contributed by atoms with Crippen molar-refractivity contribution in [3.8, 4) is 28.6 Å². The summed E-state index contributed by atoms with van der Waals surface area (Å²) in [6.45, 7) is 1.25. The van der Waals surface area contributed by atoms with Crippen LogP contribution >= 0.6 is 0 Å². The van der Waals surface area contributed by atoms with Gasteiger partial charge in [-0.1, -0.05) is 17.3 Å². The van der Waals surface area contributed by atoms with Crippen LogP contribution < -0.4 is 10.1 Å². The van der Waals surface area contributed by atoms with E-state index in [9.17, 15) is 4.79 Å². The second kappa shape index (κ2) is 8.22. The monoisotopic (exact) mass is 379 g/mol. The van der Waals surface area contributed by atoms with Crippen LogP contribution in [0.1, 0.15) is 23.2 Å². The summed E-state index contributed by atoms with van der Waals surface area (Å²) in [5.74, 6) is 1.32. The summed E-state index contributed by atoms with van der Waals surface area (Å²) >= 11 is 0. The predicted molar refractivity (Wildman–Crippen MR) is 103 cm³/mol. The Morgan fingerprint density at radius 2 is 2.04 bits per heavy atom. The summed E-state index contributed by atoms with van der Waals surface area (Å²) in [6.07, 6.45) is 2.09. The number of nitrogens with zero attached hydrogens (tertiary/aromatic N) is 2. The number of benzene rings is 2. The minimum Gasteiger partial charge on any atom is -0.497 e. The van der Waals surface area contributed by atoms with Gasteiger partial charge in [-0.15, -0.1) is 0 Å². The highest BCUT2D eigenvalue weighted by Gasteiger charge is 2.20. The Morgan fingerprint density at radius 3 is 2.79 bits per heavy atom. The van der Waals surface area contributed by atoms with Crippen molar-refractivity contribution in [3.05, 3.63) is 54.1 Å². The van der Waals surface area contributed by atoms with Crippen molar-refractivity contribution in [3.63, 3.8) is 0 Å². The van der Waals surface area contributed by atoms with E-state index in [0.29, 0.717) is 29.4 Å². The van der Waals surface area contributed by atoms with E-state index in [1.807, 2.05) is 36.4 Å². The van der Waals surface area contributed by atoms with Crippen molar-refractivity contribution in [2.45, 2.75) is 18.9 Å². The molecule has 0 radical (unpaired) electrons. The summed E-state index contributed by atoms with van der Waals surface area (Å²) in [6, 6.07) is 14.6. The molecule has 1 N–H and O–H groups in total. The van der Waals surface area contributed by atoms with Gasteiger partial charge in [-0.2, -0.15) is 4.98 Å². The topological polar surface area (TPSA) is 86.5 Å². The van der Waals surface area contributed by atoms with Crippen LogP contribution in [0.4, 0.5) is 0 Å². The summed E-state index contributed by atoms with van der Waals surface area (Å²) < 4.78 is 16.2. The average Bonchev–Trinajstić information content (AvgIpc) is 3.44. The zero-order valence-electron chi connectivity index (χ0n) is 15.6. The number of amides is 1. The minimum atomic E-state index is -0.185. The highest BCUT2D eigenvalue weighted by Crippen LogP contribution is 2.26. The van der Waals surface area contributed by atoms with Crippen LogP contribution in [0, 0.1) is 0 Å². The van der Waals surface area contributed by atoms with E-state index >= 15 is 0 Å². The van der Waals surface area contributed by atoms with E-state index in [2.05, 4.69) is 15.5 Å². The Labute approximate surface area is 162 Å². The van der Waals surface area contributed by atoms with Crippen molar-refractivity contribution in [2.24, 2.45) is 0 Å². The van der Waals surface area contributed by atoms with E-state index in [1.165, 1.54) is 0 Å². The fourth-order valence-electron chi connectivity index (χ4n) is 3.16. The van der Waals surface area contributed by atoms with Gasteiger partial charge in [0.1, 0.15) is 5.75 Å². The van der Waals surface area contributed by atoms with Crippen LogP contribution in [0.15, 0.2) is 53.1 Å². The molecule has 4 rings (SSSR count). The van der Waals surface area contributed by atoms with Gasteiger partial charge in [0.15, 0.2) is 0 Å². The zero-order chi connectivity index (χ0) is 19.3. The van der Waals surface area contributed by atoms with Gasteiger partial charge in [0, 0.05) is 18.7 Å². The molecule has 3 aromatic rings. The molecule has 0 unspecified atom stereocenters. The van der Waals surface area contributed by atoms with E-state index in [-0.39, 0.29) is 12.0 Å². The van der Waals surface area contributed by atoms with E-state index in [1.54, 1.807) is 19.2 Å². The molecule has 1 aromatic heterocycles. The second-order valence-corrected chi connectivity index (χ2v) is 6.54. The van der Waals surface area contributed by atoms with Crippen LogP contribution in [-0.4, -0.2) is 42.4 Å². The summed E-state index contributed by atoms with van der Waals surface area (Å²) in [4.78, 5) is 17.1. The molecule has 7 heteroatoms. The highest BCUT2D eigenvalue weighted by molar-refractivity contribution is 6.00. The lowest BCUT2D eigenvalue weighted by Gasteiger charge is -2.11. The molecular formula is C21H21N3O4. The normalized spacial score (nSPS) is 16.1. The van der Waals surface area contributed by atoms with E-state index in [0.717, 1.165) is 30.8 Å². The van der Waals surface area contributed by atoms with Crippen LogP contribution in [0.5, 0.6) is 5.75 Å². The number of hydrogen-bond acceptors (Lipinski definition) is 6. The molecule has 28 heavy (non-hydrogen) atoms. The molecule has 1 fully saturated rings. The maximum atomic E-state index is 12.7. The van der Waals surface area contributed by atoms with Crippen molar-refractivity contribution < 1.29 is 18.8 Å². The number of carbonyl (C=O) groups is 1. The van der Waals surface area contributed by atoms with Gasteiger partial charge in [0.05, 0.1) is 24.3 Å². The van der Waals surface area contributed by atoms with Gasteiger partial charge in [-0.25, -0.2) is 0 Å². The van der Waals surface area contributed by atoms with Crippen LogP contribution in [-0.2, 0) is 4.74 Å². The lowest BCUT2D eigenvalue weighted by Crippen LogP contribution is -2.32. The Morgan fingerprint density at radius 1 is 1.21 bits per heavy atom. The number of nitrogens with one attached hydrogen (secondary N) is 1. The molecule has 1 amide bonds. The van der Waals surface area contributed by atoms with Crippen molar-refractivity contribution >= 4 is 5.91 Å². The first kappa shape index (κ1) is 18.2. The first-order valence-electron chi connectivity index (χ1n) is 9.22. The zero-order valence-corrected chi connectivity index (χ0v) is 15.6. The van der Waals surface area contributed by atoms with Crippen molar-refractivity contribution in [2.75, 3.05) is 20.3 Å². The Balaban J connectivity index is 1.54. The number of rotatable bonds is 6. The van der Waals surface area contributed by atoms with Crippen molar-refractivity contribution in [1.29, 1.82) is 0 Å². The number of methoxy groups -OCH3 is 1. The Kier molecular flexibility index (Phi) is 5.34. The molecule has 2 aromatic carbocycles. The van der Waals surface area contributed by atoms with Crippen LogP contribution in [0.3, 0.4) is 0 Å². The van der Waals surface area contributed by atoms with Gasteiger partial charge >= 0.3 is 0 Å². The molecule has 2 heterocycles. The largest absolute Gasteiger partial charge is 0.497 e. The van der Waals surface area contributed by atoms with Crippen molar-refractivity contribution in [1.82, 2.24) is 15.5 Å². The smallest absolute Gasteiger partial charge is 0.259 e. The second-order valence-electron chi connectivity index (χ2n) is 6.54. The summed E-state index contributed by atoms with van der Waals surface area (Å²) in [7, 11) is 1.61. The van der Waals surface area contributed by atoms with Crippen LogP contribution in [0.25, 0.3) is 22.8 Å². The highest BCUT2D eigenvalue weighted by atomic mass is 16.5. The quantitative estimate of drug-likeness (QED) is 0.707. The fraction of sp³-hybridized carbons (Fsp3) is 0.286. The first-order chi connectivity index (χ1) is 13.7. The number of aromatic nitrogens is 2. The maximum absolute atomic E-state index is 12.7. The molecule has 0 aliphatic carbocycles. The molecule has 1 saturated heterocycles. The predicted octanol–water partition coefficient (Wildman–Crippen LogP) is 3.32. The SMILES string of the molecule is COc1ccc(-c2noc(-c3ccccc3C(=O)NC[C@@H]3CCCO3)n2)cc1. The summed E-state index contributed by atoms with van der Waals surface area (Å²) in [5.41, 5.74) is 1.89. The maximum Gasteiger partial charge on any atom is 0.259 e. The minimum absolute atomic E-state index is 0.0844. The number of hydrogen-bond donors (Lipinski definition) is 1. The lowest BCUT2D eigenvalue weighted by molar-refractivity contribution is 0.0858. The average molecular weight is 379 g/mol. The van der Waals surface area contributed by atoms with Gasteiger partial charge in [0.2, 0.25) is 5.82 Å². The molecule has 1 aliphatic rings. The Hall–Kier alpha value is -3.19. The molecule has 144 valence electrons. The van der Waals surface area contributed by atoms with E-state index < -0.39 is 0 Å². The summed E-state index contributed by atoms with van der Waals surface area (Å²) in [5, 5.41) is 6.98. The lowest BCUT2D eigenvalue weighted by atomic mass is 10.1. The van der Waals surface area contributed by atoms with Gasteiger partial charge < -0.3 is 19.3 Å². The van der Waals surface area contributed by atoms with Gasteiger partial charge in [-0.3, -0.25) is 4.79 Å². The number of carbonyl (C=O) groups excluding carboxylic acids is 1. The van der Waals surface area contributed by atoms with Crippen LogP contribution in [0.2, 0.25) is 0 Å². The third-order valence-electron chi connectivity index (χ3n) is 4.69. The molecule has 7 nitrogen and oxygen atoms in total. The van der Waals surface area contributed by atoms with E-state index in [4.69, 9.17) is 14.0 Å². The number of ether oxygens (including phenoxy) is 2. The standard InChI is InChI=1S/C21H21N3O4/c1-26-15-10-8-14(9-11-15)19-23-21(28-24-19)18-7-3-2-6-17(18)20(25)22-13-16-5-4-12-27-16/h2-3,6-11,16H,4-5,12-13H2,1H3,(H,22,25)/t16-/m0/s1. The third-order valence-corrected chi connectivity index (χ3v) is 4.69. The first-order valence-corrected chi connectivity index (χ1v) is 9.22. The molecule has 1 atom stereocenters. The van der Waals surface area contributed by atoms with Gasteiger partial charge in [-0.05, 0) is 49.2 Å². The fourth-order valence-corrected chi connectivity index (χ4v) is 3.16. The molecular weight excluding hydrogens is 358 g/mol. The van der Waals surface area contributed by atoms with Gasteiger partial charge in [0.25, 0.3) is 11.8 Å². The molecule has 0 spiro atoms. The molecule has 0 saturated carbocycles. The molecule has 1 aliphatic heterocycles. The third kappa shape index (κ3) is 3.89. The molecule has 0 bridgehead atoms. The Bertz CT molecular complexity index is 946.